The average molecular weight is 361 g/mol. The zero-order valence-electron chi connectivity index (χ0n) is 17.1. The van der Waals surface area contributed by atoms with Crippen molar-refractivity contribution >= 4 is 5.97 Å². The van der Waals surface area contributed by atoms with Gasteiger partial charge in [0.2, 0.25) is 0 Å². The second-order valence-electron chi connectivity index (χ2n) is 9.17. The number of cyclic esters (lactones) is 1. The monoisotopic (exact) mass is 360 g/mol. The third-order valence-electron chi connectivity index (χ3n) is 7.10. The molecule has 2 aliphatic heterocycles. The van der Waals surface area contributed by atoms with Crippen molar-refractivity contribution in [3.8, 4) is 0 Å². The van der Waals surface area contributed by atoms with Gasteiger partial charge in [-0.25, -0.2) is 4.79 Å². The van der Waals surface area contributed by atoms with Gasteiger partial charge in [0.1, 0.15) is 6.61 Å². The van der Waals surface area contributed by atoms with Crippen LogP contribution in [0.4, 0.5) is 0 Å². The molecule has 0 bridgehead atoms. The van der Waals surface area contributed by atoms with Crippen LogP contribution in [0.5, 0.6) is 0 Å². The van der Waals surface area contributed by atoms with Crippen LogP contribution in [0.25, 0.3) is 0 Å². The quantitative estimate of drug-likeness (QED) is 0.447. The Bertz CT molecular complexity index is 576. The predicted octanol–water partition coefficient (Wildman–Crippen LogP) is 5.45. The summed E-state index contributed by atoms with van der Waals surface area (Å²) in [5.41, 5.74) is 2.05. The number of esters is 1. The molecule has 5 unspecified atom stereocenters. The fourth-order valence-electron chi connectivity index (χ4n) is 5.70. The van der Waals surface area contributed by atoms with Gasteiger partial charge >= 0.3 is 5.97 Å². The summed E-state index contributed by atoms with van der Waals surface area (Å²) >= 11 is 0. The zero-order valence-corrected chi connectivity index (χ0v) is 17.1. The second kappa shape index (κ2) is 7.88. The van der Waals surface area contributed by atoms with Crippen molar-refractivity contribution in [1.82, 2.24) is 0 Å². The standard InChI is InChI=1S/C23H36O3/c1-6-7-16(4)8-9-18-17(15(2)3)10-12-23(5)20(18)14-21(26-23)19-11-13-25-22(19)24/h11,15,17-18,20-21H,4,6-10,12-14H2,1-3,5H3. The van der Waals surface area contributed by atoms with E-state index in [0.29, 0.717) is 24.4 Å². The second-order valence-corrected chi connectivity index (χ2v) is 9.17. The van der Waals surface area contributed by atoms with Gasteiger partial charge < -0.3 is 9.47 Å². The predicted molar refractivity (Wildman–Crippen MR) is 105 cm³/mol. The molecule has 0 N–H and O–H groups in total. The molecule has 146 valence electrons. The maximum absolute atomic E-state index is 12.0. The first-order chi connectivity index (χ1) is 12.4. The van der Waals surface area contributed by atoms with Crippen LogP contribution in [0, 0.1) is 23.7 Å². The molecule has 2 heterocycles. The van der Waals surface area contributed by atoms with E-state index in [1.807, 2.05) is 6.08 Å². The molecule has 0 aromatic rings. The molecule has 1 aliphatic carbocycles. The van der Waals surface area contributed by atoms with Crippen LogP contribution in [-0.2, 0) is 14.3 Å². The van der Waals surface area contributed by atoms with Gasteiger partial charge in [-0.15, -0.1) is 0 Å². The topological polar surface area (TPSA) is 35.5 Å². The van der Waals surface area contributed by atoms with Crippen molar-refractivity contribution in [2.45, 2.75) is 84.3 Å². The lowest BCUT2D eigenvalue weighted by molar-refractivity contribution is -0.138. The number of ether oxygens (including phenoxy) is 2. The summed E-state index contributed by atoms with van der Waals surface area (Å²) in [5.74, 6) is 2.45. The highest BCUT2D eigenvalue weighted by Crippen LogP contribution is 2.55. The lowest BCUT2D eigenvalue weighted by Gasteiger charge is -2.47. The van der Waals surface area contributed by atoms with Crippen LogP contribution in [0.2, 0.25) is 0 Å². The molecule has 3 rings (SSSR count). The van der Waals surface area contributed by atoms with Crippen LogP contribution >= 0.6 is 0 Å². The van der Waals surface area contributed by atoms with Crippen molar-refractivity contribution in [3.63, 3.8) is 0 Å². The van der Waals surface area contributed by atoms with Crippen molar-refractivity contribution in [3.05, 3.63) is 23.8 Å². The Morgan fingerprint density at radius 1 is 1.38 bits per heavy atom. The van der Waals surface area contributed by atoms with E-state index in [-0.39, 0.29) is 17.7 Å². The molecule has 3 aliphatic rings. The van der Waals surface area contributed by atoms with Gasteiger partial charge in [0.25, 0.3) is 0 Å². The smallest absolute Gasteiger partial charge is 0.336 e. The highest BCUT2D eigenvalue weighted by molar-refractivity contribution is 5.91. The van der Waals surface area contributed by atoms with Crippen LogP contribution in [-0.4, -0.2) is 24.3 Å². The molecule has 0 radical (unpaired) electrons. The summed E-state index contributed by atoms with van der Waals surface area (Å²) in [6, 6.07) is 0. The van der Waals surface area contributed by atoms with Crippen molar-refractivity contribution < 1.29 is 14.3 Å². The van der Waals surface area contributed by atoms with E-state index >= 15 is 0 Å². The molecule has 0 aromatic carbocycles. The number of rotatable bonds is 7. The van der Waals surface area contributed by atoms with E-state index in [9.17, 15) is 4.79 Å². The Labute approximate surface area is 159 Å². The minimum atomic E-state index is -0.175. The number of allylic oxidation sites excluding steroid dienone is 1. The Kier molecular flexibility index (Phi) is 5.96. The first-order valence-corrected chi connectivity index (χ1v) is 10.6. The molecule has 26 heavy (non-hydrogen) atoms. The molecular weight excluding hydrogens is 324 g/mol. The van der Waals surface area contributed by atoms with Crippen molar-refractivity contribution in [1.29, 1.82) is 0 Å². The molecule has 2 fully saturated rings. The Morgan fingerprint density at radius 2 is 2.15 bits per heavy atom. The van der Waals surface area contributed by atoms with Gasteiger partial charge in [0, 0.05) is 0 Å². The van der Waals surface area contributed by atoms with Gasteiger partial charge in [0.05, 0.1) is 17.3 Å². The van der Waals surface area contributed by atoms with E-state index in [4.69, 9.17) is 9.47 Å². The molecule has 5 atom stereocenters. The largest absolute Gasteiger partial charge is 0.458 e. The number of carbonyl (C=O) groups excluding carboxylic acids is 1. The summed E-state index contributed by atoms with van der Waals surface area (Å²) in [6.07, 6.45) is 9.80. The number of hydrogen-bond donors (Lipinski definition) is 0. The molecule has 1 saturated heterocycles. The summed E-state index contributed by atoms with van der Waals surface area (Å²) < 4.78 is 11.7. The van der Waals surface area contributed by atoms with Crippen molar-refractivity contribution in [2.24, 2.45) is 23.7 Å². The van der Waals surface area contributed by atoms with Crippen LogP contribution < -0.4 is 0 Å². The Hall–Kier alpha value is -1.09. The molecule has 1 saturated carbocycles. The molecular formula is C23H36O3. The molecule has 0 amide bonds. The fourth-order valence-corrected chi connectivity index (χ4v) is 5.70. The first kappa shape index (κ1) is 19.7. The number of fused-ring (bicyclic) bond motifs is 1. The van der Waals surface area contributed by atoms with E-state index in [0.717, 1.165) is 37.2 Å². The van der Waals surface area contributed by atoms with E-state index < -0.39 is 0 Å². The van der Waals surface area contributed by atoms with Gasteiger partial charge in [0.15, 0.2) is 0 Å². The summed E-state index contributed by atoms with van der Waals surface area (Å²) in [7, 11) is 0. The summed E-state index contributed by atoms with van der Waals surface area (Å²) in [4.78, 5) is 12.0. The Morgan fingerprint density at radius 3 is 2.77 bits per heavy atom. The van der Waals surface area contributed by atoms with Crippen LogP contribution in [0.15, 0.2) is 23.8 Å². The third kappa shape index (κ3) is 3.78. The average Bonchev–Trinajstić information content (AvgIpc) is 3.15. The summed E-state index contributed by atoms with van der Waals surface area (Å²) in [5, 5.41) is 0. The normalized spacial score (nSPS) is 36.8. The van der Waals surface area contributed by atoms with Gasteiger partial charge in [-0.05, 0) is 75.2 Å². The molecule has 3 nitrogen and oxygen atoms in total. The van der Waals surface area contributed by atoms with E-state index in [1.54, 1.807) is 0 Å². The number of hydrogen-bond acceptors (Lipinski definition) is 3. The zero-order chi connectivity index (χ0) is 18.9. The SMILES string of the molecule is C=C(CCC)CCC1C(C(C)C)CCC2(C)OC(C3=CCOC3=O)CC12. The summed E-state index contributed by atoms with van der Waals surface area (Å²) in [6.45, 7) is 13.9. The highest BCUT2D eigenvalue weighted by atomic mass is 16.5. The lowest BCUT2D eigenvalue weighted by Crippen LogP contribution is -2.45. The van der Waals surface area contributed by atoms with Gasteiger partial charge in [-0.3, -0.25) is 0 Å². The van der Waals surface area contributed by atoms with E-state index in [2.05, 4.69) is 34.3 Å². The van der Waals surface area contributed by atoms with Crippen molar-refractivity contribution in [2.75, 3.05) is 6.61 Å². The molecule has 0 aromatic heterocycles. The first-order valence-electron chi connectivity index (χ1n) is 10.6. The fraction of sp³-hybridized carbons (Fsp3) is 0.783. The van der Waals surface area contributed by atoms with Crippen LogP contribution in [0.1, 0.15) is 72.6 Å². The van der Waals surface area contributed by atoms with Gasteiger partial charge in [-0.1, -0.05) is 39.3 Å². The minimum absolute atomic E-state index is 0.0766. The third-order valence-corrected chi connectivity index (χ3v) is 7.10. The highest BCUT2D eigenvalue weighted by Gasteiger charge is 2.54. The van der Waals surface area contributed by atoms with Crippen LogP contribution in [0.3, 0.4) is 0 Å². The molecule has 3 heteroatoms. The Balaban J connectivity index is 1.77. The van der Waals surface area contributed by atoms with Gasteiger partial charge in [-0.2, -0.15) is 0 Å². The minimum Gasteiger partial charge on any atom is -0.458 e. The lowest BCUT2D eigenvalue weighted by atomic mass is 9.60. The number of carbonyl (C=O) groups is 1. The maximum Gasteiger partial charge on any atom is 0.336 e. The molecule has 0 spiro atoms. The van der Waals surface area contributed by atoms with E-state index in [1.165, 1.54) is 24.8 Å². The maximum atomic E-state index is 12.0.